The van der Waals surface area contributed by atoms with Gasteiger partial charge in [0.25, 0.3) is 0 Å². The number of carbonyl (C=O) groups is 1. The fourth-order valence-electron chi connectivity index (χ4n) is 3.76. The van der Waals surface area contributed by atoms with E-state index >= 15 is 0 Å². The van der Waals surface area contributed by atoms with Crippen LogP contribution in [0.2, 0.25) is 0 Å². The molecule has 4 rings (SSSR count). The smallest absolute Gasteiger partial charge is 0.411 e. The number of nitrogens with zero attached hydrogens (tertiary/aromatic N) is 1. The minimum absolute atomic E-state index is 0.0414. The van der Waals surface area contributed by atoms with Crippen molar-refractivity contribution < 1.29 is 9.53 Å². The van der Waals surface area contributed by atoms with Crippen LogP contribution in [0.15, 0.2) is 48.5 Å². The molecule has 1 aromatic heterocycles. The van der Waals surface area contributed by atoms with Gasteiger partial charge >= 0.3 is 6.09 Å². The maximum Gasteiger partial charge on any atom is 0.411 e. The molecule has 1 amide bonds. The lowest BCUT2D eigenvalue weighted by atomic mass is 9.71. The molecule has 126 valence electrons. The highest BCUT2D eigenvalue weighted by molar-refractivity contribution is 6.03. The lowest BCUT2D eigenvalue weighted by molar-refractivity contribution is 0.187. The molecule has 0 bridgehead atoms. The zero-order valence-electron chi connectivity index (χ0n) is 14.6. The van der Waals surface area contributed by atoms with E-state index < -0.39 is 6.09 Å². The summed E-state index contributed by atoms with van der Waals surface area (Å²) < 4.78 is 4.85. The number of rotatable bonds is 1. The third kappa shape index (κ3) is 2.45. The molecule has 1 aliphatic carbocycles. The van der Waals surface area contributed by atoms with E-state index in [1.807, 2.05) is 30.3 Å². The standard InChI is InChI=1S/C21H20N2O2/c1-21(2)12-15-18(13-8-4-6-10-16(13)21)22-17-11-7-5-9-14(17)19(15)23-20(24)25-3/h4-11H,12H2,1-3H3,(H,22,23,24). The molecule has 25 heavy (non-hydrogen) atoms. The predicted octanol–water partition coefficient (Wildman–Crippen LogP) is 4.91. The van der Waals surface area contributed by atoms with E-state index in [1.165, 1.54) is 12.7 Å². The second-order valence-electron chi connectivity index (χ2n) is 7.05. The number of ether oxygens (including phenoxy) is 1. The van der Waals surface area contributed by atoms with Crippen molar-refractivity contribution in [1.82, 2.24) is 4.98 Å². The molecule has 1 aliphatic rings. The van der Waals surface area contributed by atoms with Gasteiger partial charge in [-0.1, -0.05) is 56.3 Å². The van der Waals surface area contributed by atoms with Crippen LogP contribution in [0.4, 0.5) is 10.5 Å². The van der Waals surface area contributed by atoms with Gasteiger partial charge in [-0.2, -0.15) is 0 Å². The number of pyridine rings is 1. The molecule has 0 aliphatic heterocycles. The zero-order chi connectivity index (χ0) is 17.6. The molecule has 1 N–H and O–H groups in total. The van der Waals surface area contributed by atoms with Gasteiger partial charge in [0.1, 0.15) is 0 Å². The first-order valence-corrected chi connectivity index (χ1v) is 8.38. The Labute approximate surface area is 146 Å². The minimum atomic E-state index is -0.463. The van der Waals surface area contributed by atoms with Crippen molar-refractivity contribution in [2.75, 3.05) is 12.4 Å². The molecule has 0 spiro atoms. The van der Waals surface area contributed by atoms with Crippen LogP contribution in [-0.2, 0) is 16.6 Å². The Bertz CT molecular complexity index is 992. The SMILES string of the molecule is COC(=O)Nc1c2c(nc3ccccc13)-c1ccccc1C(C)(C)C2. The summed E-state index contributed by atoms with van der Waals surface area (Å²) in [5.41, 5.74) is 6.05. The van der Waals surface area contributed by atoms with Crippen molar-refractivity contribution >= 4 is 22.7 Å². The lowest BCUT2D eigenvalue weighted by Gasteiger charge is -2.35. The van der Waals surface area contributed by atoms with E-state index in [-0.39, 0.29) is 5.41 Å². The fourth-order valence-corrected chi connectivity index (χ4v) is 3.76. The second kappa shape index (κ2) is 5.59. The van der Waals surface area contributed by atoms with E-state index in [9.17, 15) is 4.79 Å². The Kier molecular flexibility index (Phi) is 3.49. The molecule has 0 fully saturated rings. The number of para-hydroxylation sites is 1. The van der Waals surface area contributed by atoms with Gasteiger partial charge in [-0.05, 0) is 23.5 Å². The number of hydrogen-bond acceptors (Lipinski definition) is 3. The average molecular weight is 332 g/mol. The summed E-state index contributed by atoms with van der Waals surface area (Å²) in [4.78, 5) is 16.9. The van der Waals surface area contributed by atoms with E-state index in [4.69, 9.17) is 9.72 Å². The fraction of sp³-hybridized carbons (Fsp3) is 0.238. The quantitative estimate of drug-likeness (QED) is 0.688. The summed E-state index contributed by atoms with van der Waals surface area (Å²) in [7, 11) is 1.38. The average Bonchev–Trinajstić information content (AvgIpc) is 2.62. The van der Waals surface area contributed by atoms with Crippen LogP contribution in [0.1, 0.15) is 25.0 Å². The number of benzene rings is 2. The first-order chi connectivity index (χ1) is 12.0. The van der Waals surface area contributed by atoms with Gasteiger partial charge in [-0.15, -0.1) is 0 Å². The second-order valence-corrected chi connectivity index (χ2v) is 7.05. The molecule has 0 atom stereocenters. The Morgan fingerprint density at radius 1 is 1.12 bits per heavy atom. The molecule has 0 radical (unpaired) electrons. The van der Waals surface area contributed by atoms with Gasteiger partial charge < -0.3 is 4.74 Å². The van der Waals surface area contributed by atoms with Crippen LogP contribution in [0.5, 0.6) is 0 Å². The van der Waals surface area contributed by atoms with Crippen molar-refractivity contribution in [1.29, 1.82) is 0 Å². The van der Waals surface area contributed by atoms with E-state index in [0.29, 0.717) is 0 Å². The number of amides is 1. The Hall–Kier alpha value is -2.88. The number of methoxy groups -OCH3 is 1. The monoisotopic (exact) mass is 332 g/mol. The van der Waals surface area contributed by atoms with Gasteiger partial charge in [-0.25, -0.2) is 9.78 Å². The van der Waals surface area contributed by atoms with E-state index in [2.05, 4.69) is 37.4 Å². The van der Waals surface area contributed by atoms with Crippen LogP contribution in [0.3, 0.4) is 0 Å². The van der Waals surface area contributed by atoms with Gasteiger partial charge in [0.2, 0.25) is 0 Å². The summed E-state index contributed by atoms with van der Waals surface area (Å²) in [6.45, 7) is 4.46. The molecule has 2 aromatic carbocycles. The number of anilines is 1. The van der Waals surface area contributed by atoms with Gasteiger partial charge in [-0.3, -0.25) is 5.32 Å². The van der Waals surface area contributed by atoms with Gasteiger partial charge in [0.15, 0.2) is 0 Å². The number of hydrogen-bond donors (Lipinski definition) is 1. The Morgan fingerprint density at radius 2 is 1.84 bits per heavy atom. The first-order valence-electron chi connectivity index (χ1n) is 8.38. The molecule has 4 nitrogen and oxygen atoms in total. The summed E-state index contributed by atoms with van der Waals surface area (Å²) in [6.07, 6.45) is 0.339. The third-order valence-corrected chi connectivity index (χ3v) is 4.94. The van der Waals surface area contributed by atoms with Crippen molar-refractivity contribution in [3.05, 3.63) is 59.7 Å². The number of fused-ring (bicyclic) bond motifs is 4. The number of carbonyl (C=O) groups excluding carboxylic acids is 1. The molecule has 0 saturated carbocycles. The summed E-state index contributed by atoms with van der Waals surface area (Å²) in [5.74, 6) is 0. The summed E-state index contributed by atoms with van der Waals surface area (Å²) in [5, 5.41) is 3.86. The maximum atomic E-state index is 12.0. The molecule has 0 unspecified atom stereocenters. The minimum Gasteiger partial charge on any atom is -0.453 e. The highest BCUT2D eigenvalue weighted by atomic mass is 16.5. The summed E-state index contributed by atoms with van der Waals surface area (Å²) in [6, 6.07) is 16.3. The van der Waals surface area contributed by atoms with E-state index in [1.54, 1.807) is 0 Å². The predicted molar refractivity (Wildman–Crippen MR) is 99.9 cm³/mol. The van der Waals surface area contributed by atoms with Crippen LogP contribution < -0.4 is 5.32 Å². The first kappa shape index (κ1) is 15.6. The van der Waals surface area contributed by atoms with Crippen LogP contribution in [0, 0.1) is 0 Å². The molecule has 4 heteroatoms. The van der Waals surface area contributed by atoms with Crippen molar-refractivity contribution in [3.8, 4) is 11.3 Å². The normalized spacial score (nSPS) is 14.5. The van der Waals surface area contributed by atoms with Gasteiger partial charge in [0.05, 0.1) is 24.0 Å². The Morgan fingerprint density at radius 3 is 2.64 bits per heavy atom. The van der Waals surface area contributed by atoms with Crippen molar-refractivity contribution in [3.63, 3.8) is 0 Å². The molecule has 1 heterocycles. The van der Waals surface area contributed by atoms with E-state index in [0.717, 1.165) is 39.8 Å². The number of nitrogens with one attached hydrogen (secondary N) is 1. The molecular formula is C21H20N2O2. The van der Waals surface area contributed by atoms with Crippen LogP contribution >= 0.6 is 0 Å². The molecule has 0 saturated heterocycles. The van der Waals surface area contributed by atoms with Gasteiger partial charge in [0, 0.05) is 16.5 Å². The topological polar surface area (TPSA) is 51.2 Å². The highest BCUT2D eigenvalue weighted by Crippen LogP contribution is 2.46. The number of aromatic nitrogens is 1. The van der Waals surface area contributed by atoms with Crippen molar-refractivity contribution in [2.24, 2.45) is 0 Å². The van der Waals surface area contributed by atoms with Crippen LogP contribution in [-0.4, -0.2) is 18.2 Å². The molecule has 3 aromatic rings. The highest BCUT2D eigenvalue weighted by Gasteiger charge is 2.34. The van der Waals surface area contributed by atoms with Crippen LogP contribution in [0.25, 0.3) is 22.2 Å². The maximum absolute atomic E-state index is 12.0. The third-order valence-electron chi connectivity index (χ3n) is 4.94. The summed E-state index contributed by atoms with van der Waals surface area (Å²) >= 11 is 0. The lowest BCUT2D eigenvalue weighted by Crippen LogP contribution is -2.27. The zero-order valence-corrected chi connectivity index (χ0v) is 14.6. The Balaban J connectivity index is 2.07. The molecular weight excluding hydrogens is 312 g/mol. The largest absolute Gasteiger partial charge is 0.453 e. The van der Waals surface area contributed by atoms with Crippen molar-refractivity contribution in [2.45, 2.75) is 25.7 Å².